The molecule has 0 bridgehead atoms. The minimum Gasteiger partial charge on any atom is -0.292 e. The van der Waals surface area contributed by atoms with Crippen LogP contribution in [0.2, 0.25) is 0 Å². The molecule has 0 aliphatic rings. The molecule has 0 saturated carbocycles. The largest absolute Gasteiger partial charge is 0.292 e. The molecule has 0 saturated heterocycles. The molecule has 4 heterocycles. The SMILES string of the molecule is c1ccc2c(c1)nc(-c1ccc(-c3c4ccccc4c(-c4ccc(-c5nc6ccccc6n5-c5ccncc5)cc4)c4ccccc34)cc1)n2-c1ccncc1. The third kappa shape index (κ3) is 5.11. The van der Waals surface area contributed by atoms with Gasteiger partial charge in [0.15, 0.2) is 0 Å². The molecule has 0 atom stereocenters. The summed E-state index contributed by atoms with van der Waals surface area (Å²) in [4.78, 5) is 18.7. The quantitative estimate of drug-likeness (QED) is 0.161. The highest BCUT2D eigenvalue weighted by Gasteiger charge is 2.20. The van der Waals surface area contributed by atoms with Crippen molar-refractivity contribution in [3.63, 3.8) is 0 Å². The predicted octanol–water partition coefficient (Wildman–Crippen LogP) is 12.1. The van der Waals surface area contributed by atoms with Gasteiger partial charge in [-0.05, 0) is 92.3 Å². The first-order chi connectivity index (χ1) is 27.8. The molecule has 0 amide bonds. The maximum Gasteiger partial charge on any atom is 0.145 e. The van der Waals surface area contributed by atoms with E-state index in [0.717, 1.165) is 67.3 Å². The third-order valence-electron chi connectivity index (χ3n) is 10.8. The summed E-state index contributed by atoms with van der Waals surface area (Å²) >= 11 is 0. The van der Waals surface area contributed by atoms with E-state index in [9.17, 15) is 0 Å². The summed E-state index contributed by atoms with van der Waals surface area (Å²) in [6.45, 7) is 0. The number of rotatable bonds is 6. The van der Waals surface area contributed by atoms with Crippen LogP contribution < -0.4 is 0 Å². The molecule has 0 radical (unpaired) electrons. The Morgan fingerprint density at radius 2 is 0.625 bits per heavy atom. The van der Waals surface area contributed by atoms with Crippen LogP contribution in [0.15, 0.2) is 195 Å². The molecule has 0 N–H and O–H groups in total. The number of aromatic nitrogens is 6. The fraction of sp³-hybridized carbons (Fsp3) is 0. The molecule has 7 aromatic carbocycles. The number of nitrogens with zero attached hydrogens (tertiary/aromatic N) is 6. The van der Waals surface area contributed by atoms with E-state index in [1.165, 1.54) is 32.7 Å². The standard InChI is InChI=1S/C50H32N6/c1-2-10-40-39(9-1)47(33-17-21-35(22-18-33)49-53-43-13-5-7-15-45(43)55(49)37-25-29-51-30-26-37)41-11-3-4-12-42(41)48(40)34-19-23-36(24-20-34)50-54-44-14-6-8-16-46(44)56(50)38-27-31-52-32-28-38/h1-32H. The minimum atomic E-state index is 0.897. The zero-order chi connectivity index (χ0) is 37.0. The molecule has 0 aliphatic carbocycles. The van der Waals surface area contributed by atoms with E-state index >= 15 is 0 Å². The van der Waals surface area contributed by atoms with Gasteiger partial charge >= 0.3 is 0 Å². The van der Waals surface area contributed by atoms with Crippen LogP contribution in [-0.4, -0.2) is 29.1 Å². The Morgan fingerprint density at radius 3 is 1.00 bits per heavy atom. The Morgan fingerprint density at radius 1 is 0.304 bits per heavy atom. The van der Waals surface area contributed by atoms with Gasteiger partial charge in [0, 0.05) is 35.9 Å². The summed E-state index contributed by atoms with van der Waals surface area (Å²) in [6.07, 6.45) is 7.30. The van der Waals surface area contributed by atoms with E-state index < -0.39 is 0 Å². The van der Waals surface area contributed by atoms with Gasteiger partial charge in [0.1, 0.15) is 11.6 Å². The smallest absolute Gasteiger partial charge is 0.145 e. The lowest BCUT2D eigenvalue weighted by Gasteiger charge is -2.18. The number of pyridine rings is 2. The van der Waals surface area contributed by atoms with E-state index in [1.54, 1.807) is 0 Å². The maximum atomic E-state index is 5.10. The van der Waals surface area contributed by atoms with Crippen LogP contribution in [0.1, 0.15) is 0 Å². The van der Waals surface area contributed by atoms with Crippen LogP contribution in [0.4, 0.5) is 0 Å². The number of imidazole rings is 2. The van der Waals surface area contributed by atoms with Crippen molar-refractivity contribution in [2.24, 2.45) is 0 Å². The second kappa shape index (κ2) is 13.0. The number of hydrogen-bond donors (Lipinski definition) is 0. The molecule has 6 nitrogen and oxygen atoms in total. The third-order valence-corrected chi connectivity index (χ3v) is 10.8. The van der Waals surface area contributed by atoms with Gasteiger partial charge in [0.25, 0.3) is 0 Å². The van der Waals surface area contributed by atoms with Crippen LogP contribution in [-0.2, 0) is 0 Å². The maximum absolute atomic E-state index is 5.10. The van der Waals surface area contributed by atoms with Gasteiger partial charge in [-0.1, -0.05) is 121 Å². The number of benzene rings is 7. The molecular weight excluding hydrogens is 685 g/mol. The molecule has 0 aliphatic heterocycles. The zero-order valence-electron chi connectivity index (χ0n) is 30.2. The summed E-state index contributed by atoms with van der Waals surface area (Å²) in [5.41, 5.74) is 12.9. The summed E-state index contributed by atoms with van der Waals surface area (Å²) in [5, 5.41) is 4.84. The Hall–Kier alpha value is -7.70. The van der Waals surface area contributed by atoms with Crippen molar-refractivity contribution >= 4 is 43.6 Å². The van der Waals surface area contributed by atoms with Gasteiger partial charge in [-0.25, -0.2) is 9.97 Å². The summed E-state index contributed by atoms with van der Waals surface area (Å²) in [5.74, 6) is 1.79. The highest BCUT2D eigenvalue weighted by Crippen LogP contribution is 2.44. The van der Waals surface area contributed by atoms with Crippen LogP contribution in [0.25, 0.3) is 100 Å². The van der Waals surface area contributed by atoms with Gasteiger partial charge in [-0.2, -0.15) is 0 Å². The number of fused-ring (bicyclic) bond motifs is 4. The second-order valence-electron chi connectivity index (χ2n) is 13.9. The lowest BCUT2D eigenvalue weighted by molar-refractivity contribution is 1.09. The number of para-hydroxylation sites is 4. The summed E-state index contributed by atoms with van der Waals surface area (Å²) < 4.78 is 4.43. The van der Waals surface area contributed by atoms with Gasteiger partial charge in [-0.3, -0.25) is 19.1 Å². The monoisotopic (exact) mass is 716 g/mol. The molecular formula is C50H32N6. The Bertz CT molecular complexity index is 2940. The topological polar surface area (TPSA) is 61.4 Å². The predicted molar refractivity (Wildman–Crippen MR) is 228 cm³/mol. The molecule has 56 heavy (non-hydrogen) atoms. The zero-order valence-corrected chi connectivity index (χ0v) is 30.2. The van der Waals surface area contributed by atoms with E-state index in [-0.39, 0.29) is 0 Å². The molecule has 4 aromatic heterocycles. The molecule has 0 fully saturated rings. The van der Waals surface area contributed by atoms with E-state index in [2.05, 4.69) is 153 Å². The molecule has 11 aromatic rings. The van der Waals surface area contributed by atoms with E-state index in [0.29, 0.717) is 0 Å². The first kappa shape index (κ1) is 31.8. The van der Waals surface area contributed by atoms with Crippen molar-refractivity contribution in [2.75, 3.05) is 0 Å². The molecule has 6 heteroatoms. The van der Waals surface area contributed by atoms with Crippen LogP contribution in [0.5, 0.6) is 0 Å². The van der Waals surface area contributed by atoms with E-state index in [4.69, 9.17) is 9.97 Å². The van der Waals surface area contributed by atoms with Crippen molar-refractivity contribution in [1.29, 1.82) is 0 Å². The average Bonchev–Trinajstić information content (AvgIpc) is 3.86. The van der Waals surface area contributed by atoms with Gasteiger partial charge < -0.3 is 0 Å². The van der Waals surface area contributed by atoms with Crippen LogP contribution in [0.3, 0.4) is 0 Å². The highest BCUT2D eigenvalue weighted by atomic mass is 15.1. The average molecular weight is 717 g/mol. The normalized spacial score (nSPS) is 11.6. The van der Waals surface area contributed by atoms with Gasteiger partial charge in [0.05, 0.1) is 33.4 Å². The van der Waals surface area contributed by atoms with Crippen molar-refractivity contribution in [3.05, 3.63) is 195 Å². The van der Waals surface area contributed by atoms with Crippen molar-refractivity contribution in [1.82, 2.24) is 29.1 Å². The molecule has 11 rings (SSSR count). The Balaban J connectivity index is 1.04. The minimum absolute atomic E-state index is 0.897. The van der Waals surface area contributed by atoms with Crippen LogP contribution in [0, 0.1) is 0 Å². The molecule has 262 valence electrons. The molecule has 0 unspecified atom stereocenters. The van der Waals surface area contributed by atoms with Gasteiger partial charge in [-0.15, -0.1) is 0 Å². The van der Waals surface area contributed by atoms with Crippen molar-refractivity contribution in [3.8, 4) is 56.4 Å². The fourth-order valence-electron chi connectivity index (χ4n) is 8.27. The Kier molecular flexibility index (Phi) is 7.38. The van der Waals surface area contributed by atoms with Crippen molar-refractivity contribution < 1.29 is 0 Å². The first-order valence-corrected chi connectivity index (χ1v) is 18.7. The van der Waals surface area contributed by atoms with E-state index in [1.807, 2.05) is 61.2 Å². The summed E-state index contributed by atoms with van der Waals surface area (Å²) in [6, 6.07) is 60.0. The second-order valence-corrected chi connectivity index (χ2v) is 13.9. The van der Waals surface area contributed by atoms with Gasteiger partial charge in [0.2, 0.25) is 0 Å². The molecule has 0 spiro atoms. The fourth-order valence-corrected chi connectivity index (χ4v) is 8.27. The first-order valence-electron chi connectivity index (χ1n) is 18.7. The van der Waals surface area contributed by atoms with Crippen LogP contribution >= 0.6 is 0 Å². The van der Waals surface area contributed by atoms with Crippen molar-refractivity contribution in [2.45, 2.75) is 0 Å². The highest BCUT2D eigenvalue weighted by molar-refractivity contribution is 6.21. The Labute approximate surface area is 322 Å². The summed E-state index contributed by atoms with van der Waals surface area (Å²) in [7, 11) is 0. The lowest BCUT2D eigenvalue weighted by Crippen LogP contribution is -1.98. The lowest BCUT2D eigenvalue weighted by atomic mass is 9.85. The number of hydrogen-bond acceptors (Lipinski definition) is 4.